The van der Waals surface area contributed by atoms with Gasteiger partial charge >= 0.3 is 0 Å². The third-order valence-electron chi connectivity index (χ3n) is 4.15. The van der Waals surface area contributed by atoms with Gasteiger partial charge in [-0.15, -0.1) is 16.8 Å². The summed E-state index contributed by atoms with van der Waals surface area (Å²) in [5.74, 6) is 1.81. The van der Waals surface area contributed by atoms with E-state index in [-0.39, 0.29) is 11.7 Å². The van der Waals surface area contributed by atoms with E-state index in [9.17, 15) is 4.79 Å². The molecule has 0 spiro atoms. The van der Waals surface area contributed by atoms with E-state index in [4.69, 9.17) is 0 Å². The van der Waals surface area contributed by atoms with Crippen LogP contribution >= 0.6 is 11.8 Å². The van der Waals surface area contributed by atoms with Crippen molar-refractivity contribution in [3.05, 3.63) is 30.7 Å². The number of anilines is 1. The van der Waals surface area contributed by atoms with Crippen LogP contribution in [-0.4, -0.2) is 36.2 Å². The molecule has 1 saturated carbocycles. The Hall–Kier alpha value is -2.09. The first kappa shape index (κ1) is 16.8. The lowest BCUT2D eigenvalue weighted by atomic mass is 10.2. The molecule has 1 aliphatic carbocycles. The Balaban J connectivity index is 1.59. The summed E-state index contributed by atoms with van der Waals surface area (Å²) in [5.41, 5.74) is 0. The van der Waals surface area contributed by atoms with Crippen LogP contribution in [0.25, 0.3) is 0 Å². The Morgan fingerprint density at radius 1 is 1.46 bits per heavy atom. The van der Waals surface area contributed by atoms with E-state index in [0.717, 1.165) is 29.6 Å². The number of carbonyl (C=O) groups is 1. The average molecular weight is 346 g/mol. The summed E-state index contributed by atoms with van der Waals surface area (Å²) in [5, 5.41) is 16.2. The third-order valence-corrected chi connectivity index (χ3v) is 5.12. The van der Waals surface area contributed by atoms with Gasteiger partial charge in [-0.05, 0) is 19.8 Å². The predicted octanol–water partition coefficient (Wildman–Crippen LogP) is 2.81. The van der Waals surface area contributed by atoms with Gasteiger partial charge in [-0.25, -0.2) is 4.68 Å². The van der Waals surface area contributed by atoms with Crippen molar-refractivity contribution in [3.8, 4) is 0 Å². The summed E-state index contributed by atoms with van der Waals surface area (Å²) in [6.07, 6.45) is 8.25. The molecule has 0 saturated heterocycles. The summed E-state index contributed by atoms with van der Waals surface area (Å²) < 4.78 is 3.88. The van der Waals surface area contributed by atoms with Crippen LogP contribution in [-0.2, 0) is 11.3 Å². The van der Waals surface area contributed by atoms with E-state index < -0.39 is 0 Å². The lowest BCUT2D eigenvalue weighted by molar-refractivity contribution is -0.113. The second-order valence-electron chi connectivity index (χ2n) is 5.87. The second-order valence-corrected chi connectivity index (χ2v) is 6.81. The zero-order valence-electron chi connectivity index (χ0n) is 13.8. The van der Waals surface area contributed by atoms with Crippen molar-refractivity contribution in [2.75, 3.05) is 11.1 Å². The van der Waals surface area contributed by atoms with Crippen LogP contribution in [0.1, 0.15) is 37.5 Å². The van der Waals surface area contributed by atoms with Crippen LogP contribution in [0.15, 0.2) is 30.1 Å². The number of nitrogens with zero attached hydrogens (tertiary/aromatic N) is 5. The highest BCUT2D eigenvalue weighted by molar-refractivity contribution is 7.99. The number of allylic oxidation sites excluding steroid dienone is 1. The topological polar surface area (TPSA) is 77.6 Å². The minimum atomic E-state index is -0.0643. The van der Waals surface area contributed by atoms with Crippen molar-refractivity contribution in [3.63, 3.8) is 0 Å². The smallest absolute Gasteiger partial charge is 0.235 e. The highest BCUT2D eigenvalue weighted by Crippen LogP contribution is 2.31. The molecule has 0 radical (unpaired) electrons. The van der Waals surface area contributed by atoms with Gasteiger partial charge in [-0.1, -0.05) is 30.7 Å². The maximum absolute atomic E-state index is 12.3. The number of aryl methyl sites for hydroxylation is 1. The van der Waals surface area contributed by atoms with Crippen LogP contribution < -0.4 is 5.32 Å². The summed E-state index contributed by atoms with van der Waals surface area (Å²) in [6.45, 7) is 6.26. The molecule has 0 aromatic carbocycles. The lowest BCUT2D eigenvalue weighted by Crippen LogP contribution is -2.19. The van der Waals surface area contributed by atoms with Gasteiger partial charge in [0, 0.05) is 12.6 Å². The van der Waals surface area contributed by atoms with Gasteiger partial charge in [0.1, 0.15) is 11.6 Å². The van der Waals surface area contributed by atoms with Crippen molar-refractivity contribution in [1.29, 1.82) is 0 Å². The largest absolute Gasteiger partial charge is 0.310 e. The van der Waals surface area contributed by atoms with Crippen molar-refractivity contribution < 1.29 is 4.79 Å². The number of hydrogen-bond acceptors (Lipinski definition) is 5. The molecule has 24 heavy (non-hydrogen) atoms. The second kappa shape index (κ2) is 7.65. The van der Waals surface area contributed by atoms with Crippen molar-refractivity contribution in [2.45, 2.75) is 50.4 Å². The first-order chi connectivity index (χ1) is 11.7. The summed E-state index contributed by atoms with van der Waals surface area (Å²) >= 11 is 1.38. The Morgan fingerprint density at radius 3 is 3.00 bits per heavy atom. The van der Waals surface area contributed by atoms with E-state index in [0.29, 0.717) is 12.6 Å². The standard InChI is InChI=1S/C16H22N6OS/c1-3-10-21-12(2)19-20-16(21)24-11-15(23)18-14-8-9-17-22(14)13-6-4-5-7-13/h3,8-9,13H,1,4-7,10-11H2,2H3,(H,18,23). The fourth-order valence-corrected chi connectivity index (χ4v) is 3.76. The minimum absolute atomic E-state index is 0.0643. The van der Waals surface area contributed by atoms with Crippen LogP contribution in [0.4, 0.5) is 5.82 Å². The van der Waals surface area contributed by atoms with Crippen molar-refractivity contribution in [2.24, 2.45) is 0 Å². The number of amides is 1. The lowest BCUT2D eigenvalue weighted by Gasteiger charge is -2.14. The molecule has 1 fully saturated rings. The first-order valence-corrected chi connectivity index (χ1v) is 9.14. The Labute approximate surface area is 145 Å². The van der Waals surface area contributed by atoms with Gasteiger partial charge in [-0.2, -0.15) is 5.10 Å². The molecular formula is C16H22N6OS. The van der Waals surface area contributed by atoms with E-state index >= 15 is 0 Å². The van der Waals surface area contributed by atoms with E-state index in [1.165, 1.54) is 24.6 Å². The molecule has 7 nitrogen and oxygen atoms in total. The zero-order valence-corrected chi connectivity index (χ0v) is 14.6. The van der Waals surface area contributed by atoms with Crippen LogP contribution in [0.2, 0.25) is 0 Å². The number of aromatic nitrogens is 5. The van der Waals surface area contributed by atoms with E-state index in [2.05, 4.69) is 27.2 Å². The zero-order chi connectivity index (χ0) is 16.9. The SMILES string of the molecule is C=CCn1c(C)nnc1SCC(=O)Nc1ccnn1C1CCCC1. The first-order valence-electron chi connectivity index (χ1n) is 8.16. The number of rotatable bonds is 7. The van der Waals surface area contributed by atoms with E-state index in [1.54, 1.807) is 12.3 Å². The highest BCUT2D eigenvalue weighted by Gasteiger charge is 2.20. The molecular weight excluding hydrogens is 324 g/mol. The molecule has 1 amide bonds. The molecule has 8 heteroatoms. The summed E-state index contributed by atoms with van der Waals surface area (Å²) in [6, 6.07) is 2.26. The number of hydrogen-bond donors (Lipinski definition) is 1. The maximum Gasteiger partial charge on any atom is 0.235 e. The van der Waals surface area contributed by atoms with Gasteiger partial charge in [0.25, 0.3) is 0 Å². The Kier molecular flexibility index (Phi) is 5.34. The summed E-state index contributed by atoms with van der Waals surface area (Å²) in [7, 11) is 0. The van der Waals surface area contributed by atoms with Crippen molar-refractivity contribution >= 4 is 23.5 Å². The molecule has 0 atom stereocenters. The van der Waals surface area contributed by atoms with Crippen molar-refractivity contribution in [1.82, 2.24) is 24.5 Å². The molecule has 3 rings (SSSR count). The fraction of sp³-hybridized carbons (Fsp3) is 0.500. The molecule has 2 aromatic rings. The van der Waals surface area contributed by atoms with Crippen LogP contribution in [0, 0.1) is 6.92 Å². The van der Waals surface area contributed by atoms with Gasteiger partial charge < -0.3 is 9.88 Å². The molecule has 1 aliphatic rings. The van der Waals surface area contributed by atoms with Gasteiger partial charge in [-0.3, -0.25) is 4.79 Å². The van der Waals surface area contributed by atoms with Crippen LogP contribution in [0.3, 0.4) is 0 Å². The third kappa shape index (κ3) is 3.69. The molecule has 0 aliphatic heterocycles. The van der Waals surface area contributed by atoms with Gasteiger partial charge in [0.2, 0.25) is 5.91 Å². The quantitative estimate of drug-likeness (QED) is 0.616. The molecule has 1 N–H and O–H groups in total. The van der Waals surface area contributed by atoms with Gasteiger partial charge in [0.05, 0.1) is 18.0 Å². The molecule has 2 heterocycles. The Bertz CT molecular complexity index is 716. The highest BCUT2D eigenvalue weighted by atomic mass is 32.2. The number of nitrogens with one attached hydrogen (secondary N) is 1. The van der Waals surface area contributed by atoms with Gasteiger partial charge in [0.15, 0.2) is 5.16 Å². The molecule has 0 bridgehead atoms. The number of thioether (sulfide) groups is 1. The maximum atomic E-state index is 12.3. The molecule has 0 unspecified atom stereocenters. The van der Waals surface area contributed by atoms with E-state index in [1.807, 2.05) is 22.2 Å². The number of carbonyl (C=O) groups excluding carboxylic acids is 1. The monoisotopic (exact) mass is 346 g/mol. The average Bonchev–Trinajstić information content (AvgIpc) is 3.29. The molecule has 2 aromatic heterocycles. The fourth-order valence-electron chi connectivity index (χ4n) is 2.97. The summed E-state index contributed by atoms with van der Waals surface area (Å²) in [4.78, 5) is 12.3. The Morgan fingerprint density at radius 2 is 2.25 bits per heavy atom. The predicted molar refractivity (Wildman–Crippen MR) is 94.0 cm³/mol. The minimum Gasteiger partial charge on any atom is -0.310 e. The molecule has 128 valence electrons. The van der Waals surface area contributed by atoms with Crippen LogP contribution in [0.5, 0.6) is 0 Å². The normalized spacial score (nSPS) is 14.9.